The molecule has 0 fully saturated rings. The van der Waals surface area contributed by atoms with Crippen LogP contribution >= 0.6 is 11.3 Å². The molecule has 16 heavy (non-hydrogen) atoms. The van der Waals surface area contributed by atoms with Gasteiger partial charge in [-0.2, -0.15) is 0 Å². The quantitative estimate of drug-likeness (QED) is 0.842. The fourth-order valence-corrected chi connectivity index (χ4v) is 2.11. The van der Waals surface area contributed by atoms with Crippen LogP contribution in [0.2, 0.25) is 0 Å². The summed E-state index contributed by atoms with van der Waals surface area (Å²) in [7, 11) is 0. The number of aryl methyl sites for hydroxylation is 1. The van der Waals surface area contributed by atoms with Crippen molar-refractivity contribution in [1.82, 2.24) is 14.5 Å². The number of hydrogen-bond donors (Lipinski definition) is 1. The van der Waals surface area contributed by atoms with Crippen molar-refractivity contribution in [2.24, 2.45) is 0 Å². The zero-order chi connectivity index (χ0) is 11.7. The van der Waals surface area contributed by atoms with E-state index in [-0.39, 0.29) is 11.4 Å². The maximum atomic E-state index is 11.8. The van der Waals surface area contributed by atoms with E-state index in [1.807, 2.05) is 12.3 Å². The van der Waals surface area contributed by atoms with Crippen molar-refractivity contribution >= 4 is 17.2 Å². The van der Waals surface area contributed by atoms with Crippen LogP contribution in [0.1, 0.15) is 16.3 Å². The third kappa shape index (κ3) is 1.96. The van der Waals surface area contributed by atoms with Gasteiger partial charge in [0, 0.05) is 11.1 Å². The molecule has 0 aliphatic heterocycles. The van der Waals surface area contributed by atoms with E-state index in [1.165, 1.54) is 22.2 Å². The molecule has 5 nitrogen and oxygen atoms in total. The molecule has 2 rings (SSSR count). The molecule has 2 aromatic heterocycles. The highest BCUT2D eigenvalue weighted by atomic mass is 32.1. The van der Waals surface area contributed by atoms with Gasteiger partial charge in [-0.1, -0.05) is 0 Å². The van der Waals surface area contributed by atoms with Gasteiger partial charge in [-0.15, -0.1) is 11.3 Å². The second-order valence-electron chi connectivity index (χ2n) is 3.57. The number of nitrogen functional groups attached to an aromatic ring is 1. The van der Waals surface area contributed by atoms with E-state index < -0.39 is 0 Å². The molecule has 0 saturated carbocycles. The largest absolute Gasteiger partial charge is 0.383 e. The van der Waals surface area contributed by atoms with E-state index in [0.717, 1.165) is 10.7 Å². The number of rotatable bonds is 2. The van der Waals surface area contributed by atoms with Crippen LogP contribution in [-0.4, -0.2) is 14.5 Å². The Morgan fingerprint density at radius 2 is 2.25 bits per heavy atom. The third-order valence-electron chi connectivity index (χ3n) is 2.27. The van der Waals surface area contributed by atoms with Gasteiger partial charge in [-0.25, -0.2) is 9.97 Å². The van der Waals surface area contributed by atoms with Crippen molar-refractivity contribution < 1.29 is 0 Å². The van der Waals surface area contributed by atoms with Gasteiger partial charge in [-0.05, 0) is 13.8 Å². The van der Waals surface area contributed by atoms with Crippen LogP contribution in [0.3, 0.4) is 0 Å². The number of hydrogen-bond acceptors (Lipinski definition) is 5. The molecule has 0 radical (unpaired) electrons. The predicted molar refractivity (Wildman–Crippen MR) is 63.6 cm³/mol. The third-order valence-corrected chi connectivity index (χ3v) is 3.23. The Morgan fingerprint density at radius 3 is 2.88 bits per heavy atom. The van der Waals surface area contributed by atoms with Gasteiger partial charge in [0.1, 0.15) is 17.2 Å². The van der Waals surface area contributed by atoms with E-state index in [4.69, 9.17) is 5.73 Å². The fourth-order valence-electron chi connectivity index (χ4n) is 1.34. The molecule has 2 heterocycles. The van der Waals surface area contributed by atoms with Crippen LogP contribution in [0.5, 0.6) is 0 Å². The average molecular weight is 236 g/mol. The molecule has 6 heteroatoms. The lowest BCUT2D eigenvalue weighted by molar-refractivity contribution is 0.725. The second-order valence-corrected chi connectivity index (χ2v) is 4.51. The summed E-state index contributed by atoms with van der Waals surface area (Å²) in [5.41, 5.74) is 6.89. The second kappa shape index (κ2) is 4.05. The molecular formula is C10H12N4OS. The van der Waals surface area contributed by atoms with E-state index in [1.54, 1.807) is 6.92 Å². The van der Waals surface area contributed by atoms with Crippen molar-refractivity contribution in [2.45, 2.75) is 20.4 Å². The Labute approximate surface area is 96.6 Å². The molecule has 0 saturated heterocycles. The van der Waals surface area contributed by atoms with Crippen LogP contribution in [0.4, 0.5) is 5.82 Å². The Balaban J connectivity index is 2.36. The van der Waals surface area contributed by atoms with Crippen LogP contribution in [0.25, 0.3) is 0 Å². The standard InChI is InChI=1S/C10H12N4OS/c1-6-4-16-8(13-6)3-14-5-12-9(11)7(2)10(14)15/h4-5H,3,11H2,1-2H3. The number of thiazole rings is 1. The SMILES string of the molecule is Cc1csc(Cn2cnc(N)c(C)c2=O)n1. The summed E-state index contributed by atoms with van der Waals surface area (Å²) < 4.78 is 1.52. The van der Waals surface area contributed by atoms with Crippen molar-refractivity contribution in [3.05, 3.63) is 38.3 Å². The fraction of sp³-hybridized carbons (Fsp3) is 0.300. The molecule has 0 unspecified atom stereocenters. The highest BCUT2D eigenvalue weighted by Crippen LogP contribution is 2.09. The summed E-state index contributed by atoms with van der Waals surface area (Å²) in [5, 5.41) is 2.85. The molecule has 0 bridgehead atoms. The lowest BCUT2D eigenvalue weighted by Crippen LogP contribution is -2.24. The summed E-state index contributed by atoms with van der Waals surface area (Å²) in [4.78, 5) is 20.1. The Hall–Kier alpha value is -1.69. The lowest BCUT2D eigenvalue weighted by atomic mass is 10.3. The van der Waals surface area contributed by atoms with Crippen molar-refractivity contribution in [2.75, 3.05) is 5.73 Å². The van der Waals surface area contributed by atoms with Crippen LogP contribution < -0.4 is 11.3 Å². The molecular weight excluding hydrogens is 224 g/mol. The van der Waals surface area contributed by atoms with Gasteiger partial charge in [0.25, 0.3) is 5.56 Å². The Kier molecular flexibility index (Phi) is 2.74. The van der Waals surface area contributed by atoms with E-state index in [9.17, 15) is 4.79 Å². The minimum absolute atomic E-state index is 0.111. The molecule has 2 N–H and O–H groups in total. The monoisotopic (exact) mass is 236 g/mol. The first-order chi connectivity index (χ1) is 7.58. The summed E-state index contributed by atoms with van der Waals surface area (Å²) >= 11 is 1.53. The Morgan fingerprint density at radius 1 is 1.50 bits per heavy atom. The zero-order valence-electron chi connectivity index (χ0n) is 9.10. The highest BCUT2D eigenvalue weighted by molar-refractivity contribution is 7.09. The van der Waals surface area contributed by atoms with Crippen LogP contribution in [-0.2, 0) is 6.54 Å². The van der Waals surface area contributed by atoms with E-state index >= 15 is 0 Å². The van der Waals surface area contributed by atoms with E-state index in [2.05, 4.69) is 9.97 Å². The van der Waals surface area contributed by atoms with Crippen LogP contribution in [0.15, 0.2) is 16.5 Å². The first kappa shape index (κ1) is 10.8. The van der Waals surface area contributed by atoms with Crippen molar-refractivity contribution in [1.29, 1.82) is 0 Å². The summed E-state index contributed by atoms with van der Waals surface area (Å²) in [5.74, 6) is 0.288. The van der Waals surface area contributed by atoms with Crippen molar-refractivity contribution in [3.63, 3.8) is 0 Å². The van der Waals surface area contributed by atoms with Gasteiger partial charge < -0.3 is 5.73 Å². The lowest BCUT2D eigenvalue weighted by Gasteiger charge is -2.04. The minimum Gasteiger partial charge on any atom is -0.383 e. The summed E-state index contributed by atoms with van der Waals surface area (Å²) in [6.07, 6.45) is 1.46. The maximum absolute atomic E-state index is 11.8. The van der Waals surface area contributed by atoms with Gasteiger partial charge >= 0.3 is 0 Å². The first-order valence-corrected chi connectivity index (χ1v) is 5.68. The Bertz CT molecular complexity index is 572. The molecule has 84 valence electrons. The molecule has 2 aromatic rings. The highest BCUT2D eigenvalue weighted by Gasteiger charge is 2.06. The molecule has 0 aliphatic carbocycles. The normalized spacial score (nSPS) is 10.6. The van der Waals surface area contributed by atoms with Gasteiger partial charge in [0.2, 0.25) is 0 Å². The average Bonchev–Trinajstić information content (AvgIpc) is 2.65. The van der Waals surface area contributed by atoms with Gasteiger partial charge in [0.15, 0.2) is 0 Å². The predicted octanol–water partition coefficient (Wildman–Crippen LogP) is 0.947. The first-order valence-electron chi connectivity index (χ1n) is 4.80. The van der Waals surface area contributed by atoms with Crippen molar-refractivity contribution in [3.8, 4) is 0 Å². The molecule has 0 amide bonds. The molecule has 0 spiro atoms. The molecule has 0 aliphatic rings. The summed E-state index contributed by atoms with van der Waals surface area (Å²) in [6.45, 7) is 4.05. The number of aromatic nitrogens is 3. The number of nitrogens with zero attached hydrogens (tertiary/aromatic N) is 3. The van der Waals surface area contributed by atoms with Gasteiger partial charge in [-0.3, -0.25) is 9.36 Å². The smallest absolute Gasteiger partial charge is 0.258 e. The number of nitrogens with two attached hydrogens (primary N) is 1. The molecule has 0 aromatic carbocycles. The van der Waals surface area contributed by atoms with E-state index in [0.29, 0.717) is 12.1 Å². The zero-order valence-corrected chi connectivity index (χ0v) is 9.91. The maximum Gasteiger partial charge on any atom is 0.258 e. The number of anilines is 1. The summed E-state index contributed by atoms with van der Waals surface area (Å²) in [6, 6.07) is 0. The van der Waals surface area contributed by atoms with Gasteiger partial charge in [0.05, 0.1) is 12.1 Å². The minimum atomic E-state index is -0.111. The molecule has 0 atom stereocenters. The van der Waals surface area contributed by atoms with Crippen LogP contribution in [0, 0.1) is 13.8 Å². The topological polar surface area (TPSA) is 73.8 Å².